The zero-order valence-electron chi connectivity index (χ0n) is 58.4. The van der Waals surface area contributed by atoms with Crippen molar-refractivity contribution in [2.24, 2.45) is 0 Å². The molecule has 27 atom stereocenters. The van der Waals surface area contributed by atoms with Gasteiger partial charge in [-0.1, -0.05) is 167 Å². The molecule has 99 heavy (non-hydrogen) atoms. The first-order valence-corrected chi connectivity index (χ1v) is 36.5. The molecule has 18 N–H and O–H groups in total. The Bertz CT molecular complexity index is 2240. The number of nitrogens with one attached hydrogen (secondary N) is 3. The molecule has 5 heterocycles. The lowest BCUT2D eigenvalue weighted by molar-refractivity contribution is -0.385. The summed E-state index contributed by atoms with van der Waals surface area (Å²) in [6.45, 7) is 1.36. The highest BCUT2D eigenvalue weighted by atomic mass is 16.8. The lowest BCUT2D eigenvalue weighted by atomic mass is 9.94. The number of aliphatic hydroxyl groups excluding tert-OH is 15. The van der Waals surface area contributed by atoms with Crippen molar-refractivity contribution in [2.45, 2.75) is 360 Å². The van der Waals surface area contributed by atoms with Crippen LogP contribution in [0.3, 0.4) is 0 Å². The van der Waals surface area contributed by atoms with Crippen LogP contribution in [0.25, 0.3) is 0 Å². The minimum atomic E-state index is -2.16. The van der Waals surface area contributed by atoms with E-state index in [1.54, 1.807) is 6.08 Å². The number of ether oxygens (including phenoxy) is 10. The molecule has 0 saturated carbocycles. The summed E-state index contributed by atoms with van der Waals surface area (Å²) < 4.78 is 58.9. The van der Waals surface area contributed by atoms with Gasteiger partial charge in [-0.25, -0.2) is 0 Å². The molecule has 0 aromatic rings. The number of aliphatic hydroxyl groups is 15. The van der Waals surface area contributed by atoms with Crippen LogP contribution in [0.5, 0.6) is 0 Å². The quantitative estimate of drug-likeness (QED) is 0.0256. The highest BCUT2D eigenvalue weighted by Gasteiger charge is 2.57. The third-order valence-corrected chi connectivity index (χ3v) is 19.1. The first kappa shape index (κ1) is 86.8. The number of unbranched alkanes of at least 4 members (excludes halogenated alkanes) is 23. The Morgan fingerprint density at radius 2 is 0.747 bits per heavy atom. The second-order valence-electron chi connectivity index (χ2n) is 27.1. The molecule has 0 spiro atoms. The second-order valence-corrected chi connectivity index (χ2v) is 27.1. The number of hydrogen-bond donors (Lipinski definition) is 18. The van der Waals surface area contributed by atoms with Crippen LogP contribution in [0, 0.1) is 0 Å². The van der Waals surface area contributed by atoms with Crippen molar-refractivity contribution in [3.05, 3.63) is 12.2 Å². The van der Waals surface area contributed by atoms with Gasteiger partial charge in [0.25, 0.3) is 0 Å². The maximum Gasteiger partial charge on any atom is 0.220 e. The van der Waals surface area contributed by atoms with Gasteiger partial charge in [-0.3, -0.25) is 14.4 Å². The predicted molar refractivity (Wildman–Crippen MR) is 352 cm³/mol. The predicted octanol–water partition coefficient (Wildman–Crippen LogP) is -1.03. The summed E-state index contributed by atoms with van der Waals surface area (Å²) in [4.78, 5) is 38.4. The van der Waals surface area contributed by atoms with Crippen molar-refractivity contribution in [2.75, 3.05) is 39.6 Å². The van der Waals surface area contributed by atoms with Crippen LogP contribution < -0.4 is 16.0 Å². The Balaban J connectivity index is 1.23. The van der Waals surface area contributed by atoms with E-state index in [1.807, 2.05) is 6.08 Å². The van der Waals surface area contributed by atoms with E-state index in [9.17, 15) is 91.0 Å². The number of carbonyl (C=O) groups excluding carboxylic acids is 3. The van der Waals surface area contributed by atoms with Crippen LogP contribution in [0.15, 0.2) is 12.2 Å². The smallest absolute Gasteiger partial charge is 0.220 e. The van der Waals surface area contributed by atoms with Gasteiger partial charge >= 0.3 is 0 Å². The molecule has 31 nitrogen and oxygen atoms in total. The van der Waals surface area contributed by atoms with Crippen molar-refractivity contribution < 1.29 is 138 Å². The van der Waals surface area contributed by atoms with Gasteiger partial charge in [-0.2, -0.15) is 0 Å². The molecule has 5 fully saturated rings. The van der Waals surface area contributed by atoms with Crippen molar-refractivity contribution in [3.63, 3.8) is 0 Å². The van der Waals surface area contributed by atoms with Crippen molar-refractivity contribution in [1.82, 2.24) is 16.0 Å². The van der Waals surface area contributed by atoms with E-state index in [2.05, 4.69) is 29.8 Å². The summed E-state index contributed by atoms with van der Waals surface area (Å²) in [5.41, 5.74) is 0. The maximum absolute atomic E-state index is 13.5. The van der Waals surface area contributed by atoms with Crippen LogP contribution in [0.1, 0.15) is 195 Å². The number of hydrogen-bond acceptors (Lipinski definition) is 28. The Morgan fingerprint density at radius 3 is 1.17 bits per heavy atom. The number of carbonyl (C=O) groups is 3. The average molecular weight is 1430 g/mol. The van der Waals surface area contributed by atoms with Crippen molar-refractivity contribution >= 4 is 17.7 Å². The molecule has 0 radical (unpaired) electrons. The molecule has 5 rings (SSSR count). The van der Waals surface area contributed by atoms with Gasteiger partial charge < -0.3 is 140 Å². The summed E-state index contributed by atoms with van der Waals surface area (Å²) in [5.74, 6) is -1.89. The Hall–Kier alpha value is -2.85. The van der Waals surface area contributed by atoms with Gasteiger partial charge in [0.15, 0.2) is 31.5 Å². The highest BCUT2D eigenvalue weighted by Crippen LogP contribution is 2.37. The first-order valence-electron chi connectivity index (χ1n) is 36.5. The van der Waals surface area contributed by atoms with E-state index in [4.69, 9.17) is 47.4 Å². The highest BCUT2D eigenvalue weighted by molar-refractivity contribution is 5.76. The molecule has 0 aromatic carbocycles. The molecule has 0 aliphatic carbocycles. The maximum atomic E-state index is 13.5. The molecular weight excluding hydrogens is 1310 g/mol. The van der Waals surface area contributed by atoms with Gasteiger partial charge in [0, 0.05) is 20.3 Å². The fourth-order valence-electron chi connectivity index (χ4n) is 13.3. The van der Waals surface area contributed by atoms with Crippen LogP contribution in [0.4, 0.5) is 0 Å². The SMILES string of the molecule is CCCCCCCCCCCCC/C=C/[C@@H](O)[C@H](CO[C@@H]1OC(CO)[C@@H](O[C@@H]2OC(CO)[C@H](O)[C@H](O[C@@H]3OC(CO)[C@@H](O[C@@H]4OC(CO)[C@H](O)[C@H](O[C@@H]5OC(CO)[C@@H](O)[C@H](O)C5NC(C)=O)C4O)[C@H](O)C3NC(C)=O)C2O)[C@H](O)C1O)NC(=O)CCCCCCCCCCCCCCC. The minimum Gasteiger partial charge on any atom is -0.394 e. The first-order chi connectivity index (χ1) is 47.6. The van der Waals surface area contributed by atoms with Crippen molar-refractivity contribution in [1.29, 1.82) is 0 Å². The van der Waals surface area contributed by atoms with E-state index in [-0.39, 0.29) is 12.3 Å². The molecule has 0 aromatic heterocycles. The van der Waals surface area contributed by atoms with Gasteiger partial charge in [-0.15, -0.1) is 0 Å². The molecule has 0 bridgehead atoms. The average Bonchev–Trinajstić information content (AvgIpc) is 0.776. The van der Waals surface area contributed by atoms with Crippen molar-refractivity contribution in [3.8, 4) is 0 Å². The third-order valence-electron chi connectivity index (χ3n) is 19.1. The van der Waals surface area contributed by atoms with E-state index in [0.717, 1.165) is 65.2 Å². The van der Waals surface area contributed by atoms with Gasteiger partial charge in [0.1, 0.15) is 122 Å². The summed E-state index contributed by atoms with van der Waals surface area (Å²) in [6.07, 6.45) is -12.1. The minimum absolute atomic E-state index is 0.190. The summed E-state index contributed by atoms with van der Waals surface area (Å²) in [7, 11) is 0. The topological polar surface area (TPSA) is 483 Å². The molecule has 31 heteroatoms. The molecule has 10 unspecified atom stereocenters. The molecule has 5 aliphatic rings. The van der Waals surface area contributed by atoms with E-state index < -0.39 is 217 Å². The zero-order valence-corrected chi connectivity index (χ0v) is 58.4. The normalized spacial score (nSPS) is 35.8. The summed E-state index contributed by atoms with van der Waals surface area (Å²) >= 11 is 0. The monoisotopic (exact) mass is 1430 g/mol. The lowest BCUT2D eigenvalue weighted by Crippen LogP contribution is -2.70. The van der Waals surface area contributed by atoms with E-state index >= 15 is 0 Å². The lowest BCUT2D eigenvalue weighted by Gasteiger charge is -2.50. The number of amides is 3. The van der Waals surface area contributed by atoms with Gasteiger partial charge in [0.05, 0.1) is 51.8 Å². The van der Waals surface area contributed by atoms with Gasteiger partial charge in [0.2, 0.25) is 17.7 Å². The van der Waals surface area contributed by atoms with Gasteiger partial charge in [-0.05, 0) is 19.3 Å². The van der Waals surface area contributed by atoms with Crippen LogP contribution in [-0.2, 0) is 61.8 Å². The largest absolute Gasteiger partial charge is 0.394 e. The summed E-state index contributed by atoms with van der Waals surface area (Å²) in [5, 5.41) is 174. The Labute approximate surface area is 582 Å². The van der Waals surface area contributed by atoms with Crippen LogP contribution >= 0.6 is 0 Å². The number of rotatable bonds is 47. The standard InChI is InChI=1S/C68H123N3O28/c1-5-7-9-11-13-15-17-19-21-23-25-27-29-31-42(79)41(71-48(80)32-30-28-26-24-22-20-18-16-14-12-10-8-6-2)38-90-66-57(87)56(86)61(47(37-76)95-66)97-68-59(89)63(53(83)45(35-74)93-68)99-65-50(70-40(4)78)55(85)60(46(36-75)94-65)96-67-58(88)62(52(82)44(34-73)92-67)98-64-49(69-39(3)77)54(84)51(81)43(33-72)91-64/h29,31,41-47,49-68,72-76,79,81-89H,5-28,30,32-38H2,1-4H3,(H,69,77)(H,70,78)(H,71,80)/b31-29+/t41-,42+,43?,44?,45?,46?,47?,49?,50?,51+,52-,53-,54+,55+,56+,57?,58?,59?,60+,61+,62-,63-,64-,65-,66+,67-,68-/m0/s1. The second kappa shape index (κ2) is 46.9. The molecule has 3 amide bonds. The van der Waals surface area contributed by atoms with Crippen LogP contribution in [0.2, 0.25) is 0 Å². The Morgan fingerprint density at radius 1 is 0.394 bits per heavy atom. The fraction of sp³-hybridized carbons (Fsp3) is 0.926. The van der Waals surface area contributed by atoms with E-state index in [1.165, 1.54) is 96.3 Å². The zero-order chi connectivity index (χ0) is 72.6. The molecule has 5 aliphatic heterocycles. The summed E-state index contributed by atoms with van der Waals surface area (Å²) in [6, 6.07) is -4.39. The molecule has 5 saturated heterocycles. The Kier molecular flexibility index (Phi) is 41.1. The molecule has 578 valence electrons. The number of allylic oxidation sites excluding steroid dienone is 1. The van der Waals surface area contributed by atoms with E-state index in [0.29, 0.717) is 12.8 Å². The molecular formula is C68H123N3O28. The van der Waals surface area contributed by atoms with Crippen LogP contribution in [-0.4, -0.2) is 300 Å². The third kappa shape index (κ3) is 27.2. The fourth-order valence-corrected chi connectivity index (χ4v) is 13.3.